The molecule has 7 N–H and O–H groups in total. The molecule has 8 atom stereocenters. The molecule has 0 aromatic rings. The molecule has 0 spiro atoms. The Hall–Kier alpha value is -0.890. The molecule has 0 aromatic heterocycles. The smallest absolute Gasteiger partial charge is 0.220 e. The molecule has 0 bridgehead atoms. The van der Waals surface area contributed by atoms with E-state index in [4.69, 9.17) is 9.47 Å². The van der Waals surface area contributed by atoms with Crippen molar-refractivity contribution in [3.63, 3.8) is 0 Å². The Bertz CT molecular complexity index is 930. The van der Waals surface area contributed by atoms with Gasteiger partial charge in [-0.05, 0) is 51.7 Å². The maximum Gasteiger partial charge on any atom is 0.220 e. The van der Waals surface area contributed by atoms with Crippen LogP contribution in [0.2, 0.25) is 0 Å². The number of aliphatic hydroxyl groups excluding tert-OH is 6. The zero-order chi connectivity index (χ0) is 44.1. The average molecular weight is 859 g/mol. The van der Waals surface area contributed by atoms with Gasteiger partial charge in [-0.15, -0.1) is 0 Å². The quantitative estimate of drug-likeness (QED) is 0.0294. The van der Waals surface area contributed by atoms with Gasteiger partial charge in [-0.25, -0.2) is 0 Å². The highest BCUT2D eigenvalue weighted by molar-refractivity contribution is 5.76. The molecule has 1 amide bonds. The molecule has 358 valence electrons. The number of hydrogen-bond donors (Lipinski definition) is 7. The SMILES string of the molecule is CCCCCCCCCCCCCC[C@@H](O)[C@@H](O)[C@H](CO[C@H]1O[C@H](CO)[C@H](O)[C@H](O)[C@H]1O)NC(=O)CCCCCCCCN(CCCCCCCC)CCCCCCCC. The van der Waals surface area contributed by atoms with Crippen LogP contribution >= 0.6 is 0 Å². The third-order valence-corrected chi connectivity index (χ3v) is 12.6. The summed E-state index contributed by atoms with van der Waals surface area (Å²) in [6.07, 6.45) is 27.5. The third-order valence-electron chi connectivity index (χ3n) is 12.6. The predicted molar refractivity (Wildman–Crippen MR) is 245 cm³/mol. The van der Waals surface area contributed by atoms with Crippen molar-refractivity contribution in [3.05, 3.63) is 0 Å². The zero-order valence-corrected chi connectivity index (χ0v) is 39.1. The minimum atomic E-state index is -1.61. The Balaban J connectivity index is 2.52. The van der Waals surface area contributed by atoms with E-state index in [1.807, 2.05) is 0 Å². The van der Waals surface area contributed by atoms with Crippen LogP contribution in [-0.2, 0) is 14.3 Å². The van der Waals surface area contributed by atoms with Gasteiger partial charge in [-0.1, -0.05) is 188 Å². The first-order valence-electron chi connectivity index (χ1n) is 25.5. The first-order chi connectivity index (χ1) is 29.2. The maximum absolute atomic E-state index is 13.1. The van der Waals surface area contributed by atoms with Crippen LogP contribution in [0.4, 0.5) is 0 Å². The minimum Gasteiger partial charge on any atom is -0.394 e. The standard InChI is InChI=1S/C49H98N2O9/c1-4-7-10-13-16-17-18-19-20-21-24-29-34-42(53)45(55)41(40-59-49-48(58)47(57)46(56)43(39-52)60-49)50-44(54)35-30-25-22-23-28-33-38-51(36-31-26-14-11-8-5-2)37-32-27-15-12-9-6-3/h41-43,45-49,52-53,55-58H,4-40H2,1-3H3,(H,50,54)/t41-,42+,43+,45-,46-,47-,48+,49-/m0/s1. The number of rotatable bonds is 43. The molecule has 1 heterocycles. The van der Waals surface area contributed by atoms with Crippen molar-refractivity contribution in [1.82, 2.24) is 10.2 Å². The zero-order valence-electron chi connectivity index (χ0n) is 39.1. The van der Waals surface area contributed by atoms with Gasteiger partial charge in [0.2, 0.25) is 5.91 Å². The summed E-state index contributed by atoms with van der Waals surface area (Å²) in [5.41, 5.74) is 0. The fraction of sp³-hybridized carbons (Fsp3) is 0.980. The first-order valence-corrected chi connectivity index (χ1v) is 25.5. The van der Waals surface area contributed by atoms with Crippen LogP contribution in [0.3, 0.4) is 0 Å². The van der Waals surface area contributed by atoms with Gasteiger partial charge < -0.3 is 50.3 Å². The van der Waals surface area contributed by atoms with Gasteiger partial charge in [-0.2, -0.15) is 0 Å². The average Bonchev–Trinajstić information content (AvgIpc) is 3.25. The van der Waals surface area contributed by atoms with E-state index in [1.54, 1.807) is 0 Å². The van der Waals surface area contributed by atoms with Crippen LogP contribution in [0.1, 0.15) is 226 Å². The van der Waals surface area contributed by atoms with E-state index in [0.717, 1.165) is 44.9 Å². The van der Waals surface area contributed by atoms with E-state index in [9.17, 15) is 35.4 Å². The van der Waals surface area contributed by atoms with Crippen molar-refractivity contribution < 1.29 is 44.9 Å². The van der Waals surface area contributed by atoms with Crippen LogP contribution in [0.25, 0.3) is 0 Å². The van der Waals surface area contributed by atoms with Crippen LogP contribution in [-0.4, -0.2) is 123 Å². The fourth-order valence-electron chi connectivity index (χ4n) is 8.44. The lowest BCUT2D eigenvalue weighted by Gasteiger charge is -2.40. The molecule has 0 unspecified atom stereocenters. The van der Waals surface area contributed by atoms with E-state index in [1.165, 1.54) is 161 Å². The Morgan fingerprint density at radius 1 is 0.567 bits per heavy atom. The van der Waals surface area contributed by atoms with Crippen LogP contribution < -0.4 is 5.32 Å². The monoisotopic (exact) mass is 859 g/mol. The van der Waals surface area contributed by atoms with Crippen molar-refractivity contribution in [2.75, 3.05) is 32.8 Å². The molecule has 1 aliphatic heterocycles. The molecule has 11 nitrogen and oxygen atoms in total. The topological polar surface area (TPSA) is 172 Å². The highest BCUT2D eigenvalue weighted by Crippen LogP contribution is 2.23. The van der Waals surface area contributed by atoms with Gasteiger partial charge in [0.05, 0.1) is 25.4 Å². The van der Waals surface area contributed by atoms with E-state index >= 15 is 0 Å². The fourth-order valence-corrected chi connectivity index (χ4v) is 8.44. The molecule has 1 fully saturated rings. The predicted octanol–water partition coefficient (Wildman–Crippen LogP) is 8.85. The van der Waals surface area contributed by atoms with Gasteiger partial charge in [0, 0.05) is 6.42 Å². The van der Waals surface area contributed by atoms with Gasteiger partial charge in [0.15, 0.2) is 6.29 Å². The Labute approximate surface area is 368 Å². The van der Waals surface area contributed by atoms with Crippen LogP contribution in [0.5, 0.6) is 0 Å². The summed E-state index contributed by atoms with van der Waals surface area (Å²) < 4.78 is 11.2. The van der Waals surface area contributed by atoms with E-state index < -0.39 is 55.6 Å². The Morgan fingerprint density at radius 2 is 0.967 bits per heavy atom. The third kappa shape index (κ3) is 28.7. The molecule has 0 aliphatic carbocycles. The lowest BCUT2D eigenvalue weighted by molar-refractivity contribution is -0.303. The van der Waals surface area contributed by atoms with Gasteiger partial charge in [0.1, 0.15) is 30.5 Å². The molecule has 1 aliphatic rings. The molecule has 1 rings (SSSR count). The molecule has 0 saturated carbocycles. The highest BCUT2D eigenvalue weighted by Gasteiger charge is 2.44. The van der Waals surface area contributed by atoms with Crippen molar-refractivity contribution in [1.29, 1.82) is 0 Å². The lowest BCUT2D eigenvalue weighted by atomic mass is 9.98. The lowest BCUT2D eigenvalue weighted by Crippen LogP contribution is -2.60. The summed E-state index contributed by atoms with van der Waals surface area (Å²) in [5.74, 6) is -0.256. The summed E-state index contributed by atoms with van der Waals surface area (Å²) in [7, 11) is 0. The Morgan fingerprint density at radius 3 is 1.40 bits per heavy atom. The van der Waals surface area contributed by atoms with Crippen molar-refractivity contribution in [2.24, 2.45) is 0 Å². The number of aliphatic hydroxyl groups is 6. The molecule has 0 radical (unpaired) electrons. The number of amides is 1. The summed E-state index contributed by atoms with van der Waals surface area (Å²) in [4.78, 5) is 15.8. The number of hydrogen-bond acceptors (Lipinski definition) is 10. The molecule has 11 heteroatoms. The van der Waals surface area contributed by atoms with E-state index in [2.05, 4.69) is 31.0 Å². The highest BCUT2D eigenvalue weighted by atomic mass is 16.7. The number of nitrogens with one attached hydrogen (secondary N) is 1. The molecule has 60 heavy (non-hydrogen) atoms. The second-order valence-corrected chi connectivity index (χ2v) is 18.2. The van der Waals surface area contributed by atoms with Gasteiger partial charge >= 0.3 is 0 Å². The number of ether oxygens (including phenoxy) is 2. The van der Waals surface area contributed by atoms with Crippen LogP contribution in [0, 0.1) is 0 Å². The summed E-state index contributed by atoms with van der Waals surface area (Å²) >= 11 is 0. The second kappa shape index (κ2) is 39.7. The number of nitrogens with zero attached hydrogens (tertiary/aromatic N) is 1. The van der Waals surface area contributed by atoms with Crippen molar-refractivity contribution in [3.8, 4) is 0 Å². The molecule has 1 saturated heterocycles. The first kappa shape index (κ1) is 57.1. The van der Waals surface area contributed by atoms with Crippen molar-refractivity contribution >= 4 is 5.91 Å². The minimum absolute atomic E-state index is 0.256. The summed E-state index contributed by atoms with van der Waals surface area (Å²) in [5, 5.41) is 65.5. The normalized spacial score (nSPS) is 21.1. The van der Waals surface area contributed by atoms with Gasteiger partial charge in [-0.3, -0.25) is 4.79 Å². The molecular formula is C49H98N2O9. The number of carbonyl (C=O) groups excluding carboxylic acids is 1. The molecular weight excluding hydrogens is 761 g/mol. The largest absolute Gasteiger partial charge is 0.394 e. The number of carbonyl (C=O) groups is 1. The van der Waals surface area contributed by atoms with Gasteiger partial charge in [0.25, 0.3) is 0 Å². The summed E-state index contributed by atoms with van der Waals surface area (Å²) in [6.45, 7) is 9.49. The van der Waals surface area contributed by atoms with Crippen LogP contribution in [0.15, 0.2) is 0 Å². The van der Waals surface area contributed by atoms with Crippen molar-refractivity contribution in [2.45, 2.75) is 275 Å². The second-order valence-electron chi connectivity index (χ2n) is 18.2. The maximum atomic E-state index is 13.1. The van der Waals surface area contributed by atoms with E-state index in [-0.39, 0.29) is 18.9 Å². The molecule has 0 aromatic carbocycles. The Kier molecular flexibility index (Phi) is 37.8. The summed E-state index contributed by atoms with van der Waals surface area (Å²) in [6, 6.07) is -0.993. The number of unbranched alkanes of at least 4 members (excludes halogenated alkanes) is 26. The van der Waals surface area contributed by atoms with E-state index in [0.29, 0.717) is 12.8 Å².